The van der Waals surface area contributed by atoms with Gasteiger partial charge in [-0.1, -0.05) is 49.6 Å². The highest BCUT2D eigenvalue weighted by Gasteiger charge is 2.26. The summed E-state index contributed by atoms with van der Waals surface area (Å²) in [5.41, 5.74) is 1.38. The average Bonchev–Trinajstić information content (AvgIpc) is 3.14. The number of carbonyl (C=O) groups excluding carboxylic acids is 1. The molecule has 1 aromatic rings. The van der Waals surface area contributed by atoms with Crippen LogP contribution in [0.25, 0.3) is 0 Å². The van der Waals surface area contributed by atoms with E-state index in [1.54, 1.807) is 7.05 Å². The largest absolute Gasteiger partial charge is 0.352 e. The molecule has 1 aliphatic carbocycles. The minimum Gasteiger partial charge on any atom is -0.352 e. The molecular weight excluding hydrogens is 312 g/mol. The number of nitrogens with zero attached hydrogens (tertiary/aromatic N) is 2. The first-order valence-corrected chi connectivity index (χ1v) is 9.56. The van der Waals surface area contributed by atoms with Gasteiger partial charge in [0.2, 0.25) is 5.91 Å². The van der Waals surface area contributed by atoms with Crippen molar-refractivity contribution in [1.29, 1.82) is 0 Å². The fourth-order valence-corrected chi connectivity index (χ4v) is 3.97. The molecule has 2 aliphatic rings. The molecule has 1 atom stereocenters. The van der Waals surface area contributed by atoms with Crippen molar-refractivity contribution in [3.8, 4) is 0 Å². The molecule has 0 spiro atoms. The normalized spacial score (nSPS) is 22.0. The van der Waals surface area contributed by atoms with Crippen molar-refractivity contribution in [2.75, 3.05) is 26.7 Å². The molecule has 136 valence electrons. The number of likely N-dealkylation sites (tertiary alicyclic amines) is 1. The first-order valence-electron chi connectivity index (χ1n) is 9.56. The molecule has 1 aliphatic heterocycles. The third kappa shape index (κ3) is 4.97. The zero-order valence-electron chi connectivity index (χ0n) is 15.2. The van der Waals surface area contributed by atoms with Gasteiger partial charge in [0.25, 0.3) is 0 Å². The van der Waals surface area contributed by atoms with Crippen LogP contribution < -0.4 is 10.6 Å². The van der Waals surface area contributed by atoms with Gasteiger partial charge < -0.3 is 15.5 Å². The molecule has 1 amide bonds. The van der Waals surface area contributed by atoms with E-state index in [0.717, 1.165) is 38.3 Å². The summed E-state index contributed by atoms with van der Waals surface area (Å²) < 4.78 is 0. The van der Waals surface area contributed by atoms with Gasteiger partial charge in [-0.25, -0.2) is 0 Å². The summed E-state index contributed by atoms with van der Waals surface area (Å²) in [4.78, 5) is 18.8. The predicted octanol–water partition coefficient (Wildman–Crippen LogP) is 2.50. The number of nitrogens with one attached hydrogen (secondary N) is 2. The molecule has 1 aromatic carbocycles. The van der Waals surface area contributed by atoms with Gasteiger partial charge in [-0.3, -0.25) is 9.79 Å². The Balaban J connectivity index is 1.45. The summed E-state index contributed by atoms with van der Waals surface area (Å²) in [5, 5.41) is 6.39. The maximum atomic E-state index is 12.2. The highest BCUT2D eigenvalue weighted by molar-refractivity contribution is 5.86. The molecule has 0 aromatic heterocycles. The maximum absolute atomic E-state index is 12.2. The number of benzene rings is 1. The molecule has 5 heteroatoms. The standard InChI is InChI=1S/C20H30N4O/c1-21-20(22-14-19(25)23-18-10-6-3-7-11-18)24-13-12-17(15-24)16-8-4-2-5-9-16/h2,4-5,8-9,17-18H,3,6-7,10-15H2,1H3,(H,21,22)(H,23,25). The fourth-order valence-electron chi connectivity index (χ4n) is 3.97. The van der Waals surface area contributed by atoms with Crippen LogP contribution in [0.5, 0.6) is 0 Å². The number of carbonyl (C=O) groups is 1. The molecular formula is C20H30N4O. The van der Waals surface area contributed by atoms with Crippen LogP contribution in [0, 0.1) is 0 Å². The molecule has 1 saturated heterocycles. The lowest BCUT2D eigenvalue weighted by Gasteiger charge is -2.24. The second kappa shape index (κ2) is 8.88. The summed E-state index contributed by atoms with van der Waals surface area (Å²) >= 11 is 0. The van der Waals surface area contributed by atoms with Crippen LogP contribution >= 0.6 is 0 Å². The Kier molecular flexibility index (Phi) is 6.31. The van der Waals surface area contributed by atoms with Gasteiger partial charge in [-0.05, 0) is 24.8 Å². The van der Waals surface area contributed by atoms with E-state index in [2.05, 4.69) is 50.9 Å². The molecule has 25 heavy (non-hydrogen) atoms. The molecule has 2 fully saturated rings. The zero-order valence-corrected chi connectivity index (χ0v) is 15.2. The Morgan fingerprint density at radius 1 is 1.16 bits per heavy atom. The Hall–Kier alpha value is -2.04. The van der Waals surface area contributed by atoms with E-state index in [4.69, 9.17) is 0 Å². The topological polar surface area (TPSA) is 56.7 Å². The van der Waals surface area contributed by atoms with Crippen molar-refractivity contribution in [1.82, 2.24) is 15.5 Å². The van der Waals surface area contributed by atoms with Crippen molar-refractivity contribution in [2.24, 2.45) is 4.99 Å². The number of hydrogen-bond acceptors (Lipinski definition) is 2. The second-order valence-electron chi connectivity index (χ2n) is 7.15. The summed E-state index contributed by atoms with van der Waals surface area (Å²) in [6, 6.07) is 11.0. The lowest BCUT2D eigenvalue weighted by atomic mass is 9.95. The second-order valence-corrected chi connectivity index (χ2v) is 7.15. The molecule has 0 radical (unpaired) electrons. The smallest absolute Gasteiger partial charge is 0.239 e. The van der Waals surface area contributed by atoms with Gasteiger partial charge in [0.1, 0.15) is 0 Å². The number of amides is 1. The highest BCUT2D eigenvalue weighted by Crippen LogP contribution is 2.26. The molecule has 5 nitrogen and oxygen atoms in total. The average molecular weight is 342 g/mol. The molecule has 3 rings (SSSR count). The minimum absolute atomic E-state index is 0.0758. The minimum atomic E-state index is 0.0758. The van der Waals surface area contributed by atoms with Gasteiger partial charge in [0.15, 0.2) is 5.96 Å². The Labute approximate surface area is 150 Å². The van der Waals surface area contributed by atoms with Crippen LogP contribution in [-0.4, -0.2) is 49.5 Å². The fraction of sp³-hybridized carbons (Fsp3) is 0.600. The first kappa shape index (κ1) is 17.8. The van der Waals surface area contributed by atoms with E-state index in [-0.39, 0.29) is 5.91 Å². The summed E-state index contributed by atoms with van der Waals surface area (Å²) in [6.07, 6.45) is 7.12. The van der Waals surface area contributed by atoms with E-state index >= 15 is 0 Å². The number of rotatable bonds is 4. The van der Waals surface area contributed by atoms with E-state index in [0.29, 0.717) is 18.5 Å². The number of guanidine groups is 1. The maximum Gasteiger partial charge on any atom is 0.239 e. The lowest BCUT2D eigenvalue weighted by molar-refractivity contribution is -0.120. The molecule has 1 heterocycles. The summed E-state index contributed by atoms with van der Waals surface area (Å²) in [7, 11) is 1.79. The van der Waals surface area contributed by atoms with Gasteiger partial charge in [-0.15, -0.1) is 0 Å². The third-order valence-corrected chi connectivity index (χ3v) is 5.35. The Morgan fingerprint density at radius 2 is 1.92 bits per heavy atom. The highest BCUT2D eigenvalue weighted by atomic mass is 16.2. The predicted molar refractivity (Wildman–Crippen MR) is 102 cm³/mol. The molecule has 1 saturated carbocycles. The van der Waals surface area contributed by atoms with Crippen LogP contribution in [0.1, 0.15) is 50.0 Å². The van der Waals surface area contributed by atoms with Gasteiger partial charge in [-0.2, -0.15) is 0 Å². The Morgan fingerprint density at radius 3 is 2.64 bits per heavy atom. The van der Waals surface area contributed by atoms with Crippen molar-refractivity contribution >= 4 is 11.9 Å². The number of aliphatic imine (C=N–C) groups is 1. The summed E-state index contributed by atoms with van der Waals surface area (Å²) in [5.74, 6) is 1.44. The SMILES string of the molecule is CN=C(NCC(=O)NC1CCCCC1)N1CCC(c2ccccc2)C1. The third-order valence-electron chi connectivity index (χ3n) is 5.35. The molecule has 0 bridgehead atoms. The van der Waals surface area contributed by atoms with Crippen LogP contribution in [0.2, 0.25) is 0 Å². The van der Waals surface area contributed by atoms with E-state index in [1.165, 1.54) is 24.8 Å². The summed E-state index contributed by atoms with van der Waals surface area (Å²) in [6.45, 7) is 2.23. The van der Waals surface area contributed by atoms with E-state index < -0.39 is 0 Å². The van der Waals surface area contributed by atoms with Gasteiger partial charge >= 0.3 is 0 Å². The van der Waals surface area contributed by atoms with Crippen LogP contribution in [0.3, 0.4) is 0 Å². The lowest BCUT2D eigenvalue weighted by Crippen LogP contribution is -2.46. The first-order chi connectivity index (χ1) is 12.3. The Bertz CT molecular complexity index is 581. The van der Waals surface area contributed by atoms with Crippen LogP contribution in [0.4, 0.5) is 0 Å². The number of hydrogen-bond donors (Lipinski definition) is 2. The van der Waals surface area contributed by atoms with Gasteiger partial charge in [0, 0.05) is 32.1 Å². The van der Waals surface area contributed by atoms with Crippen molar-refractivity contribution in [3.63, 3.8) is 0 Å². The van der Waals surface area contributed by atoms with Crippen LogP contribution in [0.15, 0.2) is 35.3 Å². The van der Waals surface area contributed by atoms with Crippen LogP contribution in [-0.2, 0) is 4.79 Å². The monoisotopic (exact) mass is 342 g/mol. The quantitative estimate of drug-likeness (QED) is 0.653. The van der Waals surface area contributed by atoms with Crippen molar-refractivity contribution < 1.29 is 4.79 Å². The van der Waals surface area contributed by atoms with Crippen molar-refractivity contribution in [2.45, 2.75) is 50.5 Å². The zero-order chi connectivity index (χ0) is 17.5. The van der Waals surface area contributed by atoms with E-state index in [9.17, 15) is 4.79 Å². The molecule has 1 unspecified atom stereocenters. The van der Waals surface area contributed by atoms with Crippen molar-refractivity contribution in [3.05, 3.63) is 35.9 Å². The van der Waals surface area contributed by atoms with Gasteiger partial charge in [0.05, 0.1) is 6.54 Å². The van der Waals surface area contributed by atoms with E-state index in [1.807, 2.05) is 0 Å². The molecule has 2 N–H and O–H groups in total.